The van der Waals surface area contributed by atoms with Gasteiger partial charge >= 0.3 is 0 Å². The van der Waals surface area contributed by atoms with Crippen LogP contribution in [0.15, 0.2) is 84.0 Å². The van der Waals surface area contributed by atoms with Gasteiger partial charge < -0.3 is 15.2 Å². The fourth-order valence-electron chi connectivity index (χ4n) is 3.23. The monoisotopic (exact) mass is 414 g/mol. The van der Waals surface area contributed by atoms with Crippen molar-refractivity contribution >= 4 is 17.4 Å². The zero-order valence-corrected chi connectivity index (χ0v) is 16.7. The number of aromatic nitrogens is 3. The predicted molar refractivity (Wildman–Crippen MR) is 116 cm³/mol. The third kappa shape index (κ3) is 3.79. The number of rotatable bonds is 4. The number of phenols is 1. The highest BCUT2D eigenvalue weighted by Crippen LogP contribution is 2.39. The molecule has 0 saturated carbocycles. The minimum atomic E-state index is -0.475. The number of para-hydroxylation sites is 1. The number of thioether (sulfide) groups is 1. The van der Waals surface area contributed by atoms with Crippen LogP contribution in [0.2, 0.25) is 0 Å². The summed E-state index contributed by atoms with van der Waals surface area (Å²) in [7, 11) is 0. The maximum Gasteiger partial charge on any atom is 0.247 e. The second kappa shape index (κ2) is 8.04. The number of anilines is 1. The lowest BCUT2D eigenvalue weighted by Gasteiger charge is -2.19. The first-order valence-corrected chi connectivity index (χ1v) is 10.5. The van der Waals surface area contributed by atoms with E-state index in [1.807, 2.05) is 54.6 Å². The van der Waals surface area contributed by atoms with Crippen LogP contribution in [0.1, 0.15) is 17.4 Å². The number of phenolic OH excluding ortho intramolecular Hbond substituents is 1. The number of ether oxygens (including phenoxy) is 1. The first-order valence-electron chi connectivity index (χ1n) is 9.49. The van der Waals surface area contributed by atoms with Gasteiger partial charge in [-0.1, -0.05) is 60.3 Å². The van der Waals surface area contributed by atoms with Crippen molar-refractivity contribution < 1.29 is 9.84 Å². The Balaban J connectivity index is 1.50. The predicted octanol–water partition coefficient (Wildman–Crippen LogP) is 5.04. The third-order valence-corrected chi connectivity index (χ3v) is 5.65. The van der Waals surface area contributed by atoms with Crippen molar-refractivity contribution in [2.75, 3.05) is 5.32 Å². The van der Waals surface area contributed by atoms with Crippen molar-refractivity contribution in [2.45, 2.75) is 17.1 Å². The van der Waals surface area contributed by atoms with Crippen molar-refractivity contribution in [1.82, 2.24) is 15.2 Å². The molecule has 1 aliphatic heterocycles. The molecule has 3 aromatic carbocycles. The van der Waals surface area contributed by atoms with Crippen LogP contribution >= 0.6 is 11.8 Å². The number of fused-ring (bicyclic) bond motifs is 3. The summed E-state index contributed by atoms with van der Waals surface area (Å²) in [5, 5.41) is 22.3. The number of benzene rings is 3. The highest BCUT2D eigenvalue weighted by molar-refractivity contribution is 7.98. The van der Waals surface area contributed by atoms with Crippen LogP contribution in [0.3, 0.4) is 0 Å². The zero-order chi connectivity index (χ0) is 20.3. The minimum Gasteiger partial charge on any atom is -0.508 e. The lowest BCUT2D eigenvalue weighted by atomic mass is 10.1. The molecule has 0 aliphatic carbocycles. The van der Waals surface area contributed by atoms with Gasteiger partial charge in [0.05, 0.1) is 0 Å². The molecule has 2 heterocycles. The Morgan fingerprint density at radius 3 is 2.50 bits per heavy atom. The highest BCUT2D eigenvalue weighted by Gasteiger charge is 2.26. The average Bonchev–Trinajstić information content (AvgIpc) is 2.95. The Kier molecular flexibility index (Phi) is 4.94. The summed E-state index contributed by atoms with van der Waals surface area (Å²) < 4.78 is 6.24. The van der Waals surface area contributed by atoms with E-state index in [4.69, 9.17) is 4.74 Å². The summed E-state index contributed by atoms with van der Waals surface area (Å²) in [6.45, 7) is 0. The first-order chi connectivity index (χ1) is 14.8. The van der Waals surface area contributed by atoms with Gasteiger partial charge in [0.1, 0.15) is 5.75 Å². The van der Waals surface area contributed by atoms with Crippen LogP contribution in [0, 0.1) is 0 Å². The number of nitrogens with zero attached hydrogens (tertiary/aromatic N) is 3. The molecular formula is C23H18N4O2S. The van der Waals surface area contributed by atoms with Gasteiger partial charge in [-0.3, -0.25) is 0 Å². The Bertz CT molecular complexity index is 1170. The van der Waals surface area contributed by atoms with Gasteiger partial charge in [-0.2, -0.15) is 4.98 Å². The van der Waals surface area contributed by atoms with Crippen molar-refractivity contribution in [3.8, 4) is 22.9 Å². The van der Waals surface area contributed by atoms with Crippen LogP contribution in [0.25, 0.3) is 11.3 Å². The highest BCUT2D eigenvalue weighted by atomic mass is 32.2. The smallest absolute Gasteiger partial charge is 0.247 e. The van der Waals surface area contributed by atoms with E-state index in [9.17, 15) is 5.11 Å². The molecule has 7 heteroatoms. The standard InChI is InChI=1S/C23H18N4O2S/c28-17-12-10-16(11-13-17)21-24-19-9-5-4-8-18(19)20-22(29-21)25-23(27-26-20)30-14-15-6-2-1-3-7-15/h1-13,21,24,28H,14H2/t21-/m0/s1. The topological polar surface area (TPSA) is 80.2 Å². The molecule has 6 nitrogen and oxygen atoms in total. The van der Waals surface area contributed by atoms with Gasteiger partial charge in [0, 0.05) is 22.6 Å². The second-order valence-corrected chi connectivity index (χ2v) is 7.74. The van der Waals surface area contributed by atoms with E-state index >= 15 is 0 Å². The van der Waals surface area contributed by atoms with Gasteiger partial charge in [-0.05, 0) is 35.9 Å². The van der Waals surface area contributed by atoms with E-state index in [1.54, 1.807) is 12.1 Å². The van der Waals surface area contributed by atoms with E-state index in [0.29, 0.717) is 16.7 Å². The molecule has 0 radical (unpaired) electrons. The van der Waals surface area contributed by atoms with Crippen molar-refractivity contribution in [3.05, 3.63) is 90.0 Å². The summed E-state index contributed by atoms with van der Waals surface area (Å²) in [4.78, 5) is 4.66. The number of nitrogens with one attached hydrogen (secondary N) is 1. The molecule has 1 atom stereocenters. The molecule has 0 saturated heterocycles. The quantitative estimate of drug-likeness (QED) is 0.453. The Labute approximate surface area is 178 Å². The van der Waals surface area contributed by atoms with Crippen molar-refractivity contribution in [3.63, 3.8) is 0 Å². The molecular weight excluding hydrogens is 396 g/mol. The molecule has 1 aliphatic rings. The molecule has 2 N–H and O–H groups in total. The van der Waals surface area contributed by atoms with Gasteiger partial charge in [0.2, 0.25) is 11.0 Å². The summed E-state index contributed by atoms with van der Waals surface area (Å²) in [6.07, 6.45) is -0.475. The molecule has 0 bridgehead atoms. The average molecular weight is 414 g/mol. The number of hydrogen-bond acceptors (Lipinski definition) is 7. The maximum atomic E-state index is 9.62. The summed E-state index contributed by atoms with van der Waals surface area (Å²) in [5.41, 5.74) is 4.43. The largest absolute Gasteiger partial charge is 0.508 e. The van der Waals surface area contributed by atoms with Crippen LogP contribution in [-0.2, 0) is 5.75 Å². The lowest BCUT2D eigenvalue weighted by Crippen LogP contribution is -2.17. The van der Waals surface area contributed by atoms with Crippen LogP contribution in [-0.4, -0.2) is 20.3 Å². The fraction of sp³-hybridized carbons (Fsp3) is 0.0870. The Morgan fingerprint density at radius 2 is 1.67 bits per heavy atom. The molecule has 30 heavy (non-hydrogen) atoms. The molecule has 5 rings (SSSR count). The van der Waals surface area contributed by atoms with E-state index in [0.717, 1.165) is 22.6 Å². The zero-order valence-electron chi connectivity index (χ0n) is 15.9. The van der Waals surface area contributed by atoms with Crippen LogP contribution in [0.5, 0.6) is 11.6 Å². The van der Waals surface area contributed by atoms with E-state index in [1.165, 1.54) is 17.3 Å². The molecule has 0 amide bonds. The van der Waals surface area contributed by atoms with Crippen LogP contribution < -0.4 is 10.1 Å². The summed E-state index contributed by atoms with van der Waals surface area (Å²) >= 11 is 1.52. The molecule has 148 valence electrons. The van der Waals surface area contributed by atoms with E-state index < -0.39 is 6.23 Å². The van der Waals surface area contributed by atoms with Gasteiger partial charge in [0.15, 0.2) is 11.9 Å². The van der Waals surface area contributed by atoms with E-state index in [2.05, 4.69) is 32.6 Å². The SMILES string of the molecule is Oc1ccc([C@H]2Nc3ccccc3-c3nnc(SCc4ccccc4)nc3O2)cc1. The van der Waals surface area contributed by atoms with Gasteiger partial charge in [-0.15, -0.1) is 10.2 Å². The van der Waals surface area contributed by atoms with Gasteiger partial charge in [0.25, 0.3) is 0 Å². The molecule has 0 fully saturated rings. The van der Waals surface area contributed by atoms with Crippen LogP contribution in [0.4, 0.5) is 5.69 Å². The Hall–Kier alpha value is -3.58. The normalized spacial score (nSPS) is 14.6. The summed E-state index contributed by atoms with van der Waals surface area (Å²) in [6, 6.07) is 24.9. The number of aromatic hydroxyl groups is 1. The second-order valence-electron chi connectivity index (χ2n) is 6.80. The molecule has 0 unspecified atom stereocenters. The molecule has 4 aromatic rings. The Morgan fingerprint density at radius 1 is 0.900 bits per heavy atom. The molecule has 0 spiro atoms. The van der Waals surface area contributed by atoms with Gasteiger partial charge in [-0.25, -0.2) is 0 Å². The first kappa shape index (κ1) is 18.4. The van der Waals surface area contributed by atoms with Crippen molar-refractivity contribution in [2.24, 2.45) is 0 Å². The third-order valence-electron chi connectivity index (χ3n) is 4.74. The van der Waals surface area contributed by atoms with Crippen molar-refractivity contribution in [1.29, 1.82) is 0 Å². The van der Waals surface area contributed by atoms with E-state index in [-0.39, 0.29) is 5.75 Å². The number of hydrogen-bond donors (Lipinski definition) is 2. The fourth-order valence-corrected chi connectivity index (χ4v) is 3.96. The maximum absolute atomic E-state index is 9.62. The minimum absolute atomic E-state index is 0.205. The summed E-state index contributed by atoms with van der Waals surface area (Å²) in [5.74, 6) is 1.38. The lowest BCUT2D eigenvalue weighted by molar-refractivity contribution is 0.225. The molecule has 1 aromatic heterocycles.